The maximum absolute atomic E-state index is 13.1. The molecule has 2 atom stereocenters. The van der Waals surface area contributed by atoms with Gasteiger partial charge in [0.1, 0.15) is 18.2 Å². The molecule has 1 aromatic heterocycles. The third-order valence-electron chi connectivity index (χ3n) is 5.06. The van der Waals surface area contributed by atoms with E-state index in [1.54, 1.807) is 18.2 Å². The van der Waals surface area contributed by atoms with Gasteiger partial charge in [-0.05, 0) is 58.3 Å². The number of carbonyl (C=O) groups is 2. The number of aliphatic hydroxyl groups is 1. The number of rotatable bonds is 6. The average Bonchev–Trinajstić information content (AvgIpc) is 3.49. The lowest BCUT2D eigenvalue weighted by Gasteiger charge is -2.26. The monoisotopic (exact) mass is 459 g/mol. The van der Waals surface area contributed by atoms with Gasteiger partial charge in [0, 0.05) is 18.1 Å². The Bertz CT molecular complexity index is 1110. The summed E-state index contributed by atoms with van der Waals surface area (Å²) in [5.74, 6) is -1.59. The van der Waals surface area contributed by atoms with Crippen LogP contribution >= 0.6 is 11.6 Å². The molecule has 1 aliphatic rings. The van der Waals surface area contributed by atoms with Crippen molar-refractivity contribution in [2.45, 2.75) is 25.1 Å². The van der Waals surface area contributed by atoms with E-state index in [4.69, 9.17) is 11.6 Å². The number of benzene rings is 2. The molecule has 4 rings (SSSR count). The fourth-order valence-electron chi connectivity index (χ4n) is 3.45. The molecular formula is C20H19ClFN7O3. The van der Waals surface area contributed by atoms with Gasteiger partial charge in [0.2, 0.25) is 5.91 Å². The smallest absolute Gasteiger partial charge is 0.270 e. The van der Waals surface area contributed by atoms with Crippen LogP contribution in [0.25, 0.3) is 5.69 Å². The van der Waals surface area contributed by atoms with Gasteiger partial charge in [0.05, 0.1) is 5.69 Å². The molecule has 1 saturated heterocycles. The first-order valence-electron chi connectivity index (χ1n) is 9.73. The number of hydrogen-bond acceptors (Lipinski definition) is 7. The van der Waals surface area contributed by atoms with Gasteiger partial charge >= 0.3 is 0 Å². The summed E-state index contributed by atoms with van der Waals surface area (Å²) in [4.78, 5) is 25.6. The molecular weight excluding hydrogens is 441 g/mol. The van der Waals surface area contributed by atoms with Gasteiger partial charge in [-0.2, -0.15) is 0 Å². The summed E-state index contributed by atoms with van der Waals surface area (Å²) in [6.45, 7) is 0.501. The number of halogens is 2. The number of hydrazine groups is 1. The van der Waals surface area contributed by atoms with E-state index in [1.165, 1.54) is 23.1 Å². The molecule has 0 saturated carbocycles. The molecule has 3 N–H and O–H groups in total. The van der Waals surface area contributed by atoms with E-state index in [9.17, 15) is 19.1 Å². The number of nitrogens with one attached hydrogen (secondary N) is 2. The topological polar surface area (TPSA) is 125 Å². The number of aliphatic hydroxyl groups excluding tert-OH is 1. The number of aromatic nitrogens is 4. The molecule has 2 heterocycles. The molecule has 0 aliphatic carbocycles. The van der Waals surface area contributed by atoms with Crippen molar-refractivity contribution in [1.29, 1.82) is 0 Å². The maximum atomic E-state index is 13.1. The molecule has 3 aromatic rings. The molecule has 1 unspecified atom stereocenters. The van der Waals surface area contributed by atoms with Crippen LogP contribution < -0.4 is 10.7 Å². The summed E-state index contributed by atoms with van der Waals surface area (Å²) in [6.07, 6.45) is 0.256. The second-order valence-corrected chi connectivity index (χ2v) is 7.56. The Labute approximate surface area is 186 Å². The van der Waals surface area contributed by atoms with Crippen LogP contribution in [0.15, 0.2) is 48.8 Å². The third-order valence-corrected chi connectivity index (χ3v) is 5.30. The third kappa shape index (κ3) is 4.59. The van der Waals surface area contributed by atoms with Crippen LogP contribution in [0.5, 0.6) is 0 Å². The van der Waals surface area contributed by atoms with Crippen molar-refractivity contribution in [1.82, 2.24) is 36.0 Å². The minimum Gasteiger partial charge on any atom is -0.378 e. The van der Waals surface area contributed by atoms with E-state index in [2.05, 4.69) is 26.3 Å². The first-order valence-corrected chi connectivity index (χ1v) is 10.1. The van der Waals surface area contributed by atoms with Gasteiger partial charge in [0.15, 0.2) is 6.10 Å². The van der Waals surface area contributed by atoms with Gasteiger partial charge in [0.25, 0.3) is 5.91 Å². The minimum absolute atomic E-state index is 0.119. The second-order valence-electron chi connectivity index (χ2n) is 7.12. The van der Waals surface area contributed by atoms with Crippen molar-refractivity contribution in [2.75, 3.05) is 6.54 Å². The lowest BCUT2D eigenvalue weighted by molar-refractivity contribution is -0.148. The van der Waals surface area contributed by atoms with Crippen molar-refractivity contribution in [3.63, 3.8) is 0 Å². The van der Waals surface area contributed by atoms with Gasteiger partial charge in [-0.1, -0.05) is 23.7 Å². The molecule has 32 heavy (non-hydrogen) atoms. The summed E-state index contributed by atoms with van der Waals surface area (Å²) in [7, 11) is 0. The quantitative estimate of drug-likeness (QED) is 0.500. The minimum atomic E-state index is -1.53. The molecule has 10 nitrogen and oxygen atoms in total. The highest BCUT2D eigenvalue weighted by Gasteiger charge is 2.37. The first-order chi connectivity index (χ1) is 15.4. The molecule has 2 amide bonds. The normalized spacial score (nSPS) is 16.7. The van der Waals surface area contributed by atoms with Crippen molar-refractivity contribution < 1.29 is 19.1 Å². The zero-order valence-electron chi connectivity index (χ0n) is 16.7. The molecule has 0 bridgehead atoms. The Morgan fingerprint density at radius 3 is 2.78 bits per heavy atom. The molecule has 0 spiro atoms. The van der Waals surface area contributed by atoms with Crippen LogP contribution in [0.1, 0.15) is 23.7 Å². The summed E-state index contributed by atoms with van der Waals surface area (Å²) in [5.41, 5.74) is 4.38. The number of amides is 2. The molecule has 0 radical (unpaired) electrons. The highest BCUT2D eigenvalue weighted by atomic mass is 35.5. The summed E-state index contributed by atoms with van der Waals surface area (Å²) in [6, 6.07) is 9.22. The van der Waals surface area contributed by atoms with Gasteiger partial charge in [-0.3, -0.25) is 14.6 Å². The zero-order valence-corrected chi connectivity index (χ0v) is 17.4. The molecule has 12 heteroatoms. The SMILES string of the molecule is O=C(NCc1cc(Cl)ccc1-n1cnnn1)C1CCNN1C(=O)[C@H](O)c1ccc(F)cc1. The largest absolute Gasteiger partial charge is 0.378 e. The van der Waals surface area contributed by atoms with Crippen molar-refractivity contribution in [2.24, 2.45) is 0 Å². The standard InChI is InChI=1S/C20H19ClFN7O3/c21-14-3-6-16(28-11-24-26-27-28)13(9-14)10-23-19(31)17-7-8-25-29(17)20(32)18(30)12-1-4-15(22)5-2-12/h1-6,9,11,17-18,25,30H,7-8,10H2,(H,23,31)/t17?,18-/m1/s1. The van der Waals surface area contributed by atoms with Crippen LogP contribution in [0.4, 0.5) is 4.39 Å². The lowest BCUT2D eigenvalue weighted by Crippen LogP contribution is -2.51. The number of carbonyl (C=O) groups excluding carboxylic acids is 2. The van der Waals surface area contributed by atoms with Crippen molar-refractivity contribution in [3.05, 3.63) is 70.8 Å². The van der Waals surface area contributed by atoms with Crippen LogP contribution in [0, 0.1) is 5.82 Å². The van der Waals surface area contributed by atoms with E-state index in [-0.39, 0.29) is 12.1 Å². The number of tetrazole rings is 1. The highest BCUT2D eigenvalue weighted by molar-refractivity contribution is 6.30. The van der Waals surface area contributed by atoms with E-state index in [0.717, 1.165) is 17.1 Å². The van der Waals surface area contributed by atoms with Crippen molar-refractivity contribution >= 4 is 23.4 Å². The average molecular weight is 460 g/mol. The Morgan fingerprint density at radius 1 is 1.28 bits per heavy atom. The summed E-state index contributed by atoms with van der Waals surface area (Å²) < 4.78 is 14.6. The molecule has 166 valence electrons. The summed E-state index contributed by atoms with van der Waals surface area (Å²) in [5, 5.41) is 25.9. The van der Waals surface area contributed by atoms with E-state index in [1.807, 2.05) is 0 Å². The lowest BCUT2D eigenvalue weighted by atomic mass is 10.1. The Morgan fingerprint density at radius 2 is 2.06 bits per heavy atom. The molecule has 2 aromatic carbocycles. The Balaban J connectivity index is 1.45. The highest BCUT2D eigenvalue weighted by Crippen LogP contribution is 2.21. The summed E-state index contributed by atoms with van der Waals surface area (Å²) >= 11 is 6.10. The maximum Gasteiger partial charge on any atom is 0.270 e. The van der Waals surface area contributed by atoms with Crippen LogP contribution in [-0.4, -0.2) is 54.7 Å². The molecule has 1 aliphatic heterocycles. The van der Waals surface area contributed by atoms with Gasteiger partial charge < -0.3 is 10.4 Å². The van der Waals surface area contributed by atoms with Gasteiger partial charge in [-0.15, -0.1) is 5.10 Å². The Kier molecular flexibility index (Phi) is 6.40. The second kappa shape index (κ2) is 9.39. The number of nitrogens with zero attached hydrogens (tertiary/aromatic N) is 5. The fraction of sp³-hybridized carbons (Fsp3) is 0.250. The Hall–Kier alpha value is -3.41. The first kappa shape index (κ1) is 21.8. The van der Waals surface area contributed by atoms with Crippen molar-refractivity contribution in [3.8, 4) is 5.69 Å². The predicted molar refractivity (Wildman–Crippen MR) is 111 cm³/mol. The zero-order chi connectivity index (χ0) is 22.7. The van der Waals surface area contributed by atoms with E-state index < -0.39 is 29.8 Å². The van der Waals surface area contributed by atoms with Gasteiger partial charge in [-0.25, -0.2) is 14.5 Å². The van der Waals surface area contributed by atoms with Crippen LogP contribution in [0.2, 0.25) is 5.02 Å². The van der Waals surface area contributed by atoms with E-state index >= 15 is 0 Å². The molecule has 1 fully saturated rings. The van der Waals surface area contributed by atoms with Crippen LogP contribution in [-0.2, 0) is 16.1 Å². The van der Waals surface area contributed by atoms with Crippen LogP contribution in [0.3, 0.4) is 0 Å². The fourth-order valence-corrected chi connectivity index (χ4v) is 3.65. The predicted octanol–water partition coefficient (Wildman–Crippen LogP) is 0.910. The van der Waals surface area contributed by atoms with E-state index in [0.29, 0.717) is 29.2 Å². The number of hydrogen-bond donors (Lipinski definition) is 3.